The molecule has 0 amide bonds. The van der Waals surface area contributed by atoms with Crippen molar-refractivity contribution in [3.8, 4) is 0 Å². The van der Waals surface area contributed by atoms with Crippen LogP contribution in [0.3, 0.4) is 0 Å². The quantitative estimate of drug-likeness (QED) is 0.437. The highest BCUT2D eigenvalue weighted by molar-refractivity contribution is 5.86. The van der Waals surface area contributed by atoms with Crippen LogP contribution in [0.5, 0.6) is 0 Å². The molecule has 0 aliphatic carbocycles. The number of carboxylic acids is 1. The monoisotopic (exact) mass is 231 g/mol. The second-order valence-electron chi connectivity index (χ2n) is 3.59. The van der Waals surface area contributed by atoms with Gasteiger partial charge in [-0.15, -0.1) is 0 Å². The van der Waals surface area contributed by atoms with Crippen LogP contribution >= 0.6 is 0 Å². The van der Waals surface area contributed by atoms with E-state index >= 15 is 0 Å². The molecule has 0 spiro atoms. The molecule has 0 radical (unpaired) electrons. The Balaban J connectivity index is 0. The van der Waals surface area contributed by atoms with Gasteiger partial charge in [-0.3, -0.25) is 4.79 Å². The number of carbonyl (C=O) groups excluding carboxylic acids is 1. The third-order valence-electron chi connectivity index (χ3n) is 1.33. The molecule has 0 aliphatic rings. The van der Waals surface area contributed by atoms with Gasteiger partial charge in [-0.1, -0.05) is 6.58 Å². The molecular formula is C11H21NO4. The van der Waals surface area contributed by atoms with Gasteiger partial charge >= 0.3 is 5.97 Å². The summed E-state index contributed by atoms with van der Waals surface area (Å²) in [7, 11) is 3.97. The van der Waals surface area contributed by atoms with E-state index in [0.717, 1.165) is 19.9 Å². The largest absolute Gasteiger partial charge is 0.481 e. The fourth-order valence-corrected chi connectivity index (χ4v) is 0.669. The average molecular weight is 231 g/mol. The number of carbonyl (C=O) groups is 2. The van der Waals surface area contributed by atoms with Crippen LogP contribution in [0, 0.1) is 0 Å². The Kier molecular flexibility index (Phi) is 10.8. The zero-order valence-corrected chi connectivity index (χ0v) is 10.4. The van der Waals surface area contributed by atoms with Crippen molar-refractivity contribution in [3.05, 3.63) is 12.2 Å². The van der Waals surface area contributed by atoms with Crippen LogP contribution in [-0.4, -0.2) is 49.2 Å². The van der Waals surface area contributed by atoms with Gasteiger partial charge in [-0.2, -0.15) is 0 Å². The molecule has 0 aromatic carbocycles. The molecule has 5 heteroatoms. The van der Waals surface area contributed by atoms with Crippen molar-refractivity contribution >= 4 is 11.9 Å². The number of carboxylic acid groups (broad SMARTS) is 1. The number of hydrogen-bond acceptors (Lipinski definition) is 4. The van der Waals surface area contributed by atoms with Crippen molar-refractivity contribution in [2.75, 3.05) is 27.2 Å². The van der Waals surface area contributed by atoms with Crippen LogP contribution in [0.15, 0.2) is 12.2 Å². The van der Waals surface area contributed by atoms with E-state index in [0.29, 0.717) is 12.2 Å². The topological polar surface area (TPSA) is 66.8 Å². The fourth-order valence-electron chi connectivity index (χ4n) is 0.669. The van der Waals surface area contributed by atoms with Gasteiger partial charge < -0.3 is 14.7 Å². The zero-order valence-electron chi connectivity index (χ0n) is 10.4. The summed E-state index contributed by atoms with van der Waals surface area (Å²) in [5, 5.41) is 7.42. The number of aliphatic carboxylic acids is 1. The Morgan fingerprint density at radius 1 is 1.31 bits per heavy atom. The second kappa shape index (κ2) is 10.2. The Hall–Kier alpha value is -1.36. The SMILES string of the molecule is C=C(C)C(=O)OCCCN(C)C.CC(=O)O. The third kappa shape index (κ3) is 18.4. The van der Waals surface area contributed by atoms with Crippen LogP contribution in [-0.2, 0) is 14.3 Å². The lowest BCUT2D eigenvalue weighted by Crippen LogP contribution is -2.16. The van der Waals surface area contributed by atoms with Gasteiger partial charge in [-0.05, 0) is 27.4 Å². The summed E-state index contributed by atoms with van der Waals surface area (Å²) in [5.74, 6) is -1.13. The summed E-state index contributed by atoms with van der Waals surface area (Å²) < 4.78 is 4.89. The minimum atomic E-state index is -0.833. The van der Waals surface area contributed by atoms with E-state index in [9.17, 15) is 4.79 Å². The Labute approximate surface area is 96.7 Å². The molecule has 1 N–H and O–H groups in total. The van der Waals surface area contributed by atoms with Crippen LogP contribution < -0.4 is 0 Å². The van der Waals surface area contributed by atoms with Crippen molar-refractivity contribution < 1.29 is 19.4 Å². The lowest BCUT2D eigenvalue weighted by Gasteiger charge is -2.09. The predicted molar refractivity (Wildman–Crippen MR) is 62.3 cm³/mol. The molecule has 0 bridgehead atoms. The molecule has 0 unspecified atom stereocenters. The molecule has 0 atom stereocenters. The van der Waals surface area contributed by atoms with Gasteiger partial charge in [-0.25, -0.2) is 4.79 Å². The molecule has 0 aliphatic heterocycles. The molecule has 0 heterocycles. The summed E-state index contributed by atoms with van der Waals surface area (Å²) >= 11 is 0. The lowest BCUT2D eigenvalue weighted by molar-refractivity contribution is -0.139. The third-order valence-corrected chi connectivity index (χ3v) is 1.33. The number of esters is 1. The van der Waals surface area contributed by atoms with Crippen LogP contribution in [0.25, 0.3) is 0 Å². The van der Waals surface area contributed by atoms with Crippen molar-refractivity contribution in [1.29, 1.82) is 0 Å². The first-order chi connectivity index (χ1) is 7.27. The molecule has 0 aromatic rings. The summed E-state index contributed by atoms with van der Waals surface area (Å²) in [5.41, 5.74) is 0.458. The van der Waals surface area contributed by atoms with Crippen LogP contribution in [0.1, 0.15) is 20.3 Å². The summed E-state index contributed by atoms with van der Waals surface area (Å²) in [4.78, 5) is 21.9. The maximum Gasteiger partial charge on any atom is 0.333 e. The van der Waals surface area contributed by atoms with E-state index in [1.165, 1.54) is 0 Å². The maximum absolute atomic E-state index is 10.9. The van der Waals surface area contributed by atoms with E-state index in [4.69, 9.17) is 14.6 Å². The summed E-state index contributed by atoms with van der Waals surface area (Å²) in [6, 6.07) is 0. The minimum absolute atomic E-state index is 0.297. The average Bonchev–Trinajstić information content (AvgIpc) is 2.10. The standard InChI is InChI=1S/C9H17NO2.C2H4O2/c1-8(2)9(11)12-7-5-6-10(3)4;1-2(3)4/h1,5-7H2,2-4H3;1H3,(H,3,4). The normalized spacial score (nSPS) is 9.06. The maximum atomic E-state index is 10.9. The molecule has 0 aromatic heterocycles. The zero-order chi connectivity index (χ0) is 13.1. The molecule has 0 fully saturated rings. The Morgan fingerprint density at radius 3 is 2.06 bits per heavy atom. The number of hydrogen-bond donors (Lipinski definition) is 1. The second-order valence-corrected chi connectivity index (χ2v) is 3.59. The van der Waals surface area contributed by atoms with E-state index in [1.807, 2.05) is 14.1 Å². The molecular weight excluding hydrogens is 210 g/mol. The van der Waals surface area contributed by atoms with Crippen molar-refractivity contribution in [1.82, 2.24) is 4.90 Å². The van der Waals surface area contributed by atoms with E-state index in [1.54, 1.807) is 6.92 Å². The first-order valence-corrected chi connectivity index (χ1v) is 4.94. The molecule has 16 heavy (non-hydrogen) atoms. The van der Waals surface area contributed by atoms with Crippen LogP contribution in [0.2, 0.25) is 0 Å². The van der Waals surface area contributed by atoms with E-state index in [-0.39, 0.29) is 5.97 Å². The number of rotatable bonds is 5. The minimum Gasteiger partial charge on any atom is -0.481 e. The lowest BCUT2D eigenvalue weighted by atomic mass is 10.3. The summed E-state index contributed by atoms with van der Waals surface area (Å²) in [6.45, 7) is 7.62. The van der Waals surface area contributed by atoms with Crippen LogP contribution in [0.4, 0.5) is 0 Å². The van der Waals surface area contributed by atoms with Gasteiger partial charge in [0.2, 0.25) is 0 Å². The van der Waals surface area contributed by atoms with Gasteiger partial charge in [0, 0.05) is 19.0 Å². The summed E-state index contributed by atoms with van der Waals surface area (Å²) in [6.07, 6.45) is 0.867. The van der Waals surface area contributed by atoms with Crippen molar-refractivity contribution in [2.45, 2.75) is 20.3 Å². The predicted octanol–water partition coefficient (Wildman–Crippen LogP) is 1.15. The van der Waals surface area contributed by atoms with Gasteiger partial charge in [0.15, 0.2) is 0 Å². The first kappa shape index (κ1) is 17.0. The van der Waals surface area contributed by atoms with E-state index < -0.39 is 5.97 Å². The molecule has 0 rings (SSSR count). The number of nitrogens with zero attached hydrogens (tertiary/aromatic N) is 1. The van der Waals surface area contributed by atoms with Gasteiger partial charge in [0.05, 0.1) is 6.61 Å². The Morgan fingerprint density at radius 2 is 1.75 bits per heavy atom. The van der Waals surface area contributed by atoms with Crippen molar-refractivity contribution in [3.63, 3.8) is 0 Å². The fraction of sp³-hybridized carbons (Fsp3) is 0.636. The highest BCUT2D eigenvalue weighted by Crippen LogP contribution is 1.93. The highest BCUT2D eigenvalue weighted by atomic mass is 16.5. The van der Waals surface area contributed by atoms with Crippen molar-refractivity contribution in [2.24, 2.45) is 0 Å². The molecule has 0 saturated carbocycles. The Bertz CT molecular complexity index is 232. The first-order valence-electron chi connectivity index (χ1n) is 4.94. The smallest absolute Gasteiger partial charge is 0.333 e. The number of ether oxygens (including phenoxy) is 1. The highest BCUT2D eigenvalue weighted by Gasteiger charge is 2.01. The molecule has 0 saturated heterocycles. The van der Waals surface area contributed by atoms with Gasteiger partial charge in [0.1, 0.15) is 0 Å². The molecule has 94 valence electrons. The van der Waals surface area contributed by atoms with Gasteiger partial charge in [0.25, 0.3) is 5.97 Å². The molecule has 5 nitrogen and oxygen atoms in total. The van der Waals surface area contributed by atoms with E-state index in [2.05, 4.69) is 11.5 Å².